The van der Waals surface area contributed by atoms with Crippen molar-refractivity contribution in [2.45, 2.75) is 32.2 Å². The molecular weight excluding hydrogens is 219 g/mol. The van der Waals surface area contributed by atoms with Gasteiger partial charge in [-0.25, -0.2) is 4.39 Å². The molecule has 4 heteroatoms. The summed E-state index contributed by atoms with van der Waals surface area (Å²) in [7, 11) is 0. The van der Waals surface area contributed by atoms with Crippen LogP contribution in [-0.2, 0) is 4.79 Å². The fourth-order valence-corrected chi connectivity index (χ4v) is 1.87. The number of hydrogen-bond acceptors (Lipinski definition) is 2. The van der Waals surface area contributed by atoms with E-state index in [0.717, 1.165) is 18.4 Å². The van der Waals surface area contributed by atoms with E-state index in [0.29, 0.717) is 18.0 Å². The summed E-state index contributed by atoms with van der Waals surface area (Å²) in [6.07, 6.45) is 2.59. The first-order chi connectivity index (χ1) is 8.06. The fraction of sp³-hybridized carbons (Fsp3) is 0.462. The lowest BCUT2D eigenvalue weighted by atomic mass is 10.1. The third-order valence-corrected chi connectivity index (χ3v) is 3.11. The Morgan fingerprint density at radius 2 is 2.29 bits per heavy atom. The van der Waals surface area contributed by atoms with Gasteiger partial charge in [0.15, 0.2) is 0 Å². The van der Waals surface area contributed by atoms with Gasteiger partial charge in [0.2, 0.25) is 5.91 Å². The molecule has 1 saturated carbocycles. The molecule has 0 radical (unpaired) electrons. The van der Waals surface area contributed by atoms with E-state index in [-0.39, 0.29) is 17.8 Å². The Hall–Kier alpha value is -1.42. The number of anilines is 1. The van der Waals surface area contributed by atoms with E-state index in [9.17, 15) is 9.18 Å². The normalized spacial score (nSPS) is 16.6. The zero-order chi connectivity index (χ0) is 12.4. The van der Waals surface area contributed by atoms with E-state index in [4.69, 9.17) is 5.73 Å². The molecule has 0 spiro atoms. The summed E-state index contributed by atoms with van der Waals surface area (Å²) < 4.78 is 12.9. The summed E-state index contributed by atoms with van der Waals surface area (Å²) in [5.41, 5.74) is 7.25. The zero-order valence-electron chi connectivity index (χ0n) is 9.87. The Bertz CT molecular complexity index is 429. The van der Waals surface area contributed by atoms with Crippen LogP contribution in [0.1, 0.15) is 24.8 Å². The molecule has 1 aromatic rings. The zero-order valence-corrected chi connectivity index (χ0v) is 9.87. The van der Waals surface area contributed by atoms with Crippen molar-refractivity contribution in [3.8, 4) is 0 Å². The number of nitrogens with two attached hydrogens (primary N) is 1. The Morgan fingerprint density at radius 1 is 1.59 bits per heavy atom. The molecule has 17 heavy (non-hydrogen) atoms. The van der Waals surface area contributed by atoms with Crippen molar-refractivity contribution in [2.75, 3.05) is 5.32 Å². The summed E-state index contributed by atoms with van der Waals surface area (Å²) in [6.45, 7) is 1.76. The van der Waals surface area contributed by atoms with Crippen LogP contribution in [0.4, 0.5) is 10.1 Å². The summed E-state index contributed by atoms with van der Waals surface area (Å²) in [5, 5.41) is 2.77. The quantitative estimate of drug-likeness (QED) is 0.842. The number of benzene rings is 1. The second kappa shape index (κ2) is 4.84. The summed E-state index contributed by atoms with van der Waals surface area (Å²) in [6, 6.07) is 4.26. The lowest BCUT2D eigenvalue weighted by Crippen LogP contribution is -2.29. The van der Waals surface area contributed by atoms with Gasteiger partial charge in [-0.15, -0.1) is 0 Å². The number of carbonyl (C=O) groups excluding carboxylic acids is 1. The highest BCUT2D eigenvalue weighted by Crippen LogP contribution is 2.32. The first-order valence-electron chi connectivity index (χ1n) is 5.88. The molecule has 1 unspecified atom stereocenters. The smallest absolute Gasteiger partial charge is 0.225 e. The molecule has 1 amide bonds. The van der Waals surface area contributed by atoms with Gasteiger partial charge in [-0.1, -0.05) is 0 Å². The first kappa shape index (κ1) is 12.0. The number of nitrogens with one attached hydrogen (secondary N) is 1. The van der Waals surface area contributed by atoms with E-state index in [1.807, 2.05) is 0 Å². The van der Waals surface area contributed by atoms with Crippen LogP contribution in [0.15, 0.2) is 18.2 Å². The van der Waals surface area contributed by atoms with Crippen molar-refractivity contribution >= 4 is 11.6 Å². The molecule has 0 bridgehead atoms. The molecule has 3 N–H and O–H groups in total. The average Bonchev–Trinajstić information content (AvgIpc) is 3.05. The lowest BCUT2D eigenvalue weighted by Gasteiger charge is -2.12. The maximum atomic E-state index is 12.9. The third-order valence-electron chi connectivity index (χ3n) is 3.11. The maximum absolute atomic E-state index is 12.9. The van der Waals surface area contributed by atoms with Crippen LogP contribution in [0.5, 0.6) is 0 Å². The van der Waals surface area contributed by atoms with Gasteiger partial charge in [0.05, 0.1) is 0 Å². The monoisotopic (exact) mass is 236 g/mol. The molecule has 2 rings (SSSR count). The van der Waals surface area contributed by atoms with Crippen LogP contribution in [-0.4, -0.2) is 11.9 Å². The molecule has 1 aliphatic carbocycles. The molecule has 0 saturated heterocycles. The van der Waals surface area contributed by atoms with Gasteiger partial charge in [-0.3, -0.25) is 4.79 Å². The molecule has 1 fully saturated rings. The minimum absolute atomic E-state index is 0.0456. The SMILES string of the molecule is Cc1cc(F)ccc1NC(=O)CC(N)C1CC1. The van der Waals surface area contributed by atoms with Gasteiger partial charge < -0.3 is 11.1 Å². The second-order valence-corrected chi connectivity index (χ2v) is 4.71. The van der Waals surface area contributed by atoms with Crippen LogP contribution in [0.25, 0.3) is 0 Å². The van der Waals surface area contributed by atoms with Crippen LogP contribution >= 0.6 is 0 Å². The Morgan fingerprint density at radius 3 is 2.88 bits per heavy atom. The minimum Gasteiger partial charge on any atom is -0.327 e. The lowest BCUT2D eigenvalue weighted by molar-refractivity contribution is -0.116. The topological polar surface area (TPSA) is 55.1 Å². The second-order valence-electron chi connectivity index (χ2n) is 4.71. The van der Waals surface area contributed by atoms with E-state index < -0.39 is 0 Å². The fourth-order valence-electron chi connectivity index (χ4n) is 1.87. The molecule has 92 valence electrons. The van der Waals surface area contributed by atoms with Gasteiger partial charge in [0.25, 0.3) is 0 Å². The Balaban J connectivity index is 1.92. The number of hydrogen-bond donors (Lipinski definition) is 2. The van der Waals surface area contributed by atoms with Crippen molar-refractivity contribution in [2.24, 2.45) is 11.7 Å². The van der Waals surface area contributed by atoms with Gasteiger partial charge in [-0.05, 0) is 49.4 Å². The van der Waals surface area contributed by atoms with Gasteiger partial charge in [-0.2, -0.15) is 0 Å². The van der Waals surface area contributed by atoms with Crippen LogP contribution < -0.4 is 11.1 Å². The molecular formula is C13H17FN2O. The van der Waals surface area contributed by atoms with E-state index >= 15 is 0 Å². The van der Waals surface area contributed by atoms with Crippen molar-refractivity contribution in [1.29, 1.82) is 0 Å². The predicted molar refractivity (Wildman–Crippen MR) is 65.1 cm³/mol. The Labute approximate surface area is 100 Å². The largest absolute Gasteiger partial charge is 0.327 e. The molecule has 1 atom stereocenters. The number of aryl methyl sites for hydroxylation is 1. The van der Waals surface area contributed by atoms with Crippen molar-refractivity contribution in [1.82, 2.24) is 0 Å². The number of rotatable bonds is 4. The summed E-state index contributed by atoms with van der Waals surface area (Å²) >= 11 is 0. The highest BCUT2D eigenvalue weighted by atomic mass is 19.1. The highest BCUT2D eigenvalue weighted by Gasteiger charge is 2.29. The van der Waals surface area contributed by atoms with Gasteiger partial charge in [0, 0.05) is 18.2 Å². The Kier molecular flexibility index (Phi) is 3.43. The number of halogens is 1. The average molecular weight is 236 g/mol. The standard InChI is InChI=1S/C13H17FN2O/c1-8-6-10(14)4-5-12(8)16-13(17)7-11(15)9-2-3-9/h4-6,9,11H,2-3,7,15H2,1H3,(H,16,17). The minimum atomic E-state index is -0.296. The van der Waals surface area contributed by atoms with Gasteiger partial charge >= 0.3 is 0 Å². The van der Waals surface area contributed by atoms with Crippen LogP contribution in [0, 0.1) is 18.7 Å². The molecule has 3 nitrogen and oxygen atoms in total. The molecule has 0 aliphatic heterocycles. The van der Waals surface area contributed by atoms with Crippen molar-refractivity contribution in [3.63, 3.8) is 0 Å². The number of amides is 1. The van der Waals surface area contributed by atoms with Crippen LogP contribution in [0.3, 0.4) is 0 Å². The third kappa shape index (κ3) is 3.27. The van der Waals surface area contributed by atoms with Crippen LogP contribution in [0.2, 0.25) is 0 Å². The summed E-state index contributed by atoms with van der Waals surface area (Å²) in [4.78, 5) is 11.7. The maximum Gasteiger partial charge on any atom is 0.225 e. The molecule has 1 aromatic carbocycles. The number of carbonyl (C=O) groups is 1. The molecule has 0 heterocycles. The molecule has 1 aliphatic rings. The molecule has 0 aromatic heterocycles. The van der Waals surface area contributed by atoms with Crippen molar-refractivity contribution < 1.29 is 9.18 Å². The van der Waals surface area contributed by atoms with E-state index in [1.165, 1.54) is 12.1 Å². The highest BCUT2D eigenvalue weighted by molar-refractivity contribution is 5.91. The predicted octanol–water partition coefficient (Wildman–Crippen LogP) is 2.20. The first-order valence-corrected chi connectivity index (χ1v) is 5.88. The van der Waals surface area contributed by atoms with E-state index in [2.05, 4.69) is 5.32 Å². The van der Waals surface area contributed by atoms with E-state index in [1.54, 1.807) is 13.0 Å². The summed E-state index contributed by atoms with van der Waals surface area (Å²) in [5.74, 6) is 0.115. The van der Waals surface area contributed by atoms with Gasteiger partial charge in [0.1, 0.15) is 5.82 Å². The van der Waals surface area contributed by atoms with Crippen molar-refractivity contribution in [3.05, 3.63) is 29.6 Å².